The Hall–Kier alpha value is -1.58. The van der Waals surface area contributed by atoms with Crippen LogP contribution >= 0.6 is 0 Å². The molecule has 0 saturated carbocycles. The monoisotopic (exact) mass is 277 g/mol. The molecule has 20 heavy (non-hydrogen) atoms. The molecule has 3 nitrogen and oxygen atoms in total. The number of likely N-dealkylation sites (tertiary alicyclic amines) is 1. The van der Waals surface area contributed by atoms with Gasteiger partial charge in [0, 0.05) is 26.2 Å². The van der Waals surface area contributed by atoms with Crippen molar-refractivity contribution in [3.8, 4) is 0 Å². The predicted molar refractivity (Wildman–Crippen MR) is 81.5 cm³/mol. The fraction of sp³-hybridized carbons (Fsp3) is 0.562. The van der Waals surface area contributed by atoms with Crippen molar-refractivity contribution >= 4 is 5.96 Å². The van der Waals surface area contributed by atoms with Crippen LogP contribution in [0, 0.1) is 5.82 Å². The lowest BCUT2D eigenvalue weighted by molar-refractivity contribution is 0.493. The lowest BCUT2D eigenvalue weighted by atomic mass is 10.1. The van der Waals surface area contributed by atoms with Crippen LogP contribution in [-0.4, -0.2) is 37.0 Å². The average molecular weight is 277 g/mol. The highest BCUT2D eigenvalue weighted by molar-refractivity contribution is 5.80. The zero-order chi connectivity index (χ0) is 14.2. The number of nitrogens with zero attached hydrogens (tertiary/aromatic N) is 2. The van der Waals surface area contributed by atoms with Gasteiger partial charge in [0.25, 0.3) is 0 Å². The Kier molecular flexibility index (Phi) is 5.84. The predicted octanol–water partition coefficient (Wildman–Crippen LogP) is 2.82. The lowest BCUT2D eigenvalue weighted by Gasteiger charge is -2.20. The molecular weight excluding hydrogens is 253 g/mol. The Morgan fingerprint density at radius 2 is 2.15 bits per heavy atom. The van der Waals surface area contributed by atoms with E-state index in [1.165, 1.54) is 18.9 Å². The quantitative estimate of drug-likeness (QED) is 0.509. The van der Waals surface area contributed by atoms with Crippen molar-refractivity contribution in [2.75, 3.05) is 26.2 Å². The molecule has 1 heterocycles. The van der Waals surface area contributed by atoms with Gasteiger partial charge in [-0.15, -0.1) is 0 Å². The van der Waals surface area contributed by atoms with E-state index >= 15 is 0 Å². The topological polar surface area (TPSA) is 27.6 Å². The molecule has 2 rings (SSSR count). The third-order valence-corrected chi connectivity index (χ3v) is 3.51. The van der Waals surface area contributed by atoms with Gasteiger partial charge >= 0.3 is 0 Å². The van der Waals surface area contributed by atoms with E-state index in [4.69, 9.17) is 0 Å². The number of nitrogens with one attached hydrogen (secondary N) is 1. The van der Waals surface area contributed by atoms with Crippen LogP contribution in [-0.2, 0) is 6.42 Å². The number of aliphatic imine (C=N–C) groups is 1. The van der Waals surface area contributed by atoms with Crippen molar-refractivity contribution < 1.29 is 4.39 Å². The minimum atomic E-state index is -0.156. The van der Waals surface area contributed by atoms with Gasteiger partial charge in [-0.3, -0.25) is 4.99 Å². The largest absolute Gasteiger partial charge is 0.357 e. The first-order valence-corrected chi connectivity index (χ1v) is 7.57. The van der Waals surface area contributed by atoms with Gasteiger partial charge in [0.2, 0.25) is 0 Å². The number of hydrogen-bond donors (Lipinski definition) is 1. The summed E-state index contributed by atoms with van der Waals surface area (Å²) in [4.78, 5) is 7.00. The molecule has 110 valence electrons. The molecule has 4 heteroatoms. The highest BCUT2D eigenvalue weighted by Gasteiger charge is 2.14. The molecule has 0 radical (unpaired) electrons. The molecule has 1 fully saturated rings. The Labute approximate surface area is 120 Å². The van der Waals surface area contributed by atoms with Crippen molar-refractivity contribution in [2.24, 2.45) is 4.99 Å². The van der Waals surface area contributed by atoms with Gasteiger partial charge in [-0.05, 0) is 50.3 Å². The van der Waals surface area contributed by atoms with Gasteiger partial charge in [0.1, 0.15) is 5.82 Å². The summed E-state index contributed by atoms with van der Waals surface area (Å²) in [5.41, 5.74) is 1.05. The van der Waals surface area contributed by atoms with E-state index in [9.17, 15) is 4.39 Å². The van der Waals surface area contributed by atoms with E-state index < -0.39 is 0 Å². The smallest absolute Gasteiger partial charge is 0.193 e. The molecule has 1 aliphatic rings. The molecular formula is C16H24FN3. The van der Waals surface area contributed by atoms with Gasteiger partial charge in [0.05, 0.1) is 0 Å². The van der Waals surface area contributed by atoms with Crippen LogP contribution in [0.2, 0.25) is 0 Å². The maximum absolute atomic E-state index is 13.1. The normalized spacial score (nSPS) is 15.7. The molecule has 0 bridgehead atoms. The Morgan fingerprint density at radius 3 is 2.85 bits per heavy atom. The minimum absolute atomic E-state index is 0.156. The first kappa shape index (κ1) is 14.8. The molecule has 0 spiro atoms. The zero-order valence-corrected chi connectivity index (χ0v) is 12.2. The van der Waals surface area contributed by atoms with E-state index in [0.717, 1.165) is 50.5 Å². The van der Waals surface area contributed by atoms with Crippen LogP contribution in [0.25, 0.3) is 0 Å². The van der Waals surface area contributed by atoms with Gasteiger partial charge in [-0.1, -0.05) is 12.1 Å². The maximum Gasteiger partial charge on any atom is 0.193 e. The van der Waals surface area contributed by atoms with E-state index in [-0.39, 0.29) is 5.82 Å². The van der Waals surface area contributed by atoms with E-state index in [1.54, 1.807) is 12.1 Å². The fourth-order valence-corrected chi connectivity index (χ4v) is 2.52. The van der Waals surface area contributed by atoms with E-state index in [1.807, 2.05) is 6.07 Å². The van der Waals surface area contributed by atoms with Crippen molar-refractivity contribution in [1.29, 1.82) is 0 Å². The van der Waals surface area contributed by atoms with Crippen molar-refractivity contribution in [2.45, 2.75) is 32.6 Å². The van der Waals surface area contributed by atoms with Crippen LogP contribution in [0.5, 0.6) is 0 Å². The molecule has 0 aromatic heterocycles. The Bertz CT molecular complexity index is 439. The SMILES string of the molecule is CCNC(=NCCCc1cccc(F)c1)N1CCCC1. The summed E-state index contributed by atoms with van der Waals surface area (Å²) in [5, 5.41) is 3.35. The highest BCUT2D eigenvalue weighted by atomic mass is 19.1. The van der Waals surface area contributed by atoms with Crippen molar-refractivity contribution in [1.82, 2.24) is 10.2 Å². The molecule has 0 amide bonds. The first-order chi connectivity index (χ1) is 9.79. The van der Waals surface area contributed by atoms with Crippen LogP contribution in [0.4, 0.5) is 4.39 Å². The van der Waals surface area contributed by atoms with Crippen LogP contribution < -0.4 is 5.32 Å². The van der Waals surface area contributed by atoms with Gasteiger partial charge in [-0.25, -0.2) is 4.39 Å². The molecule has 1 saturated heterocycles. The summed E-state index contributed by atoms with van der Waals surface area (Å²) >= 11 is 0. The standard InChI is InChI=1S/C16H24FN3/c1-2-18-16(20-11-3-4-12-20)19-10-6-8-14-7-5-9-15(17)13-14/h5,7,9,13H,2-4,6,8,10-12H2,1H3,(H,18,19). The lowest BCUT2D eigenvalue weighted by Crippen LogP contribution is -2.39. The van der Waals surface area contributed by atoms with Crippen LogP contribution in [0.15, 0.2) is 29.3 Å². The number of rotatable bonds is 5. The average Bonchev–Trinajstić information content (AvgIpc) is 2.96. The minimum Gasteiger partial charge on any atom is -0.357 e. The zero-order valence-electron chi connectivity index (χ0n) is 12.2. The molecule has 1 N–H and O–H groups in total. The van der Waals surface area contributed by atoms with Crippen molar-refractivity contribution in [3.63, 3.8) is 0 Å². The highest BCUT2D eigenvalue weighted by Crippen LogP contribution is 2.09. The molecule has 1 aromatic carbocycles. The van der Waals surface area contributed by atoms with E-state index in [2.05, 4.69) is 22.1 Å². The summed E-state index contributed by atoms with van der Waals surface area (Å²) in [6, 6.07) is 6.83. The summed E-state index contributed by atoms with van der Waals surface area (Å²) in [6.45, 7) is 6.00. The van der Waals surface area contributed by atoms with Gasteiger partial charge in [-0.2, -0.15) is 0 Å². The third kappa shape index (κ3) is 4.51. The van der Waals surface area contributed by atoms with Crippen LogP contribution in [0.1, 0.15) is 31.7 Å². The summed E-state index contributed by atoms with van der Waals surface area (Å²) in [7, 11) is 0. The number of benzene rings is 1. The summed E-state index contributed by atoms with van der Waals surface area (Å²) in [5.74, 6) is 0.876. The van der Waals surface area contributed by atoms with Crippen LogP contribution in [0.3, 0.4) is 0 Å². The number of aryl methyl sites for hydroxylation is 1. The Balaban J connectivity index is 1.80. The Morgan fingerprint density at radius 1 is 1.35 bits per heavy atom. The summed E-state index contributed by atoms with van der Waals surface area (Å²) < 4.78 is 13.1. The summed E-state index contributed by atoms with van der Waals surface area (Å²) in [6.07, 6.45) is 4.34. The molecule has 0 unspecified atom stereocenters. The molecule has 1 aromatic rings. The maximum atomic E-state index is 13.1. The second kappa shape index (κ2) is 7.88. The van der Waals surface area contributed by atoms with Gasteiger partial charge < -0.3 is 10.2 Å². The molecule has 0 aliphatic carbocycles. The number of hydrogen-bond acceptors (Lipinski definition) is 1. The van der Waals surface area contributed by atoms with E-state index in [0.29, 0.717) is 0 Å². The second-order valence-electron chi connectivity index (χ2n) is 5.16. The number of halogens is 1. The first-order valence-electron chi connectivity index (χ1n) is 7.57. The fourth-order valence-electron chi connectivity index (χ4n) is 2.52. The molecule has 0 atom stereocenters. The molecule has 1 aliphatic heterocycles. The number of guanidine groups is 1. The third-order valence-electron chi connectivity index (χ3n) is 3.51. The van der Waals surface area contributed by atoms with Crippen molar-refractivity contribution in [3.05, 3.63) is 35.6 Å². The second-order valence-corrected chi connectivity index (χ2v) is 5.16. The van der Waals surface area contributed by atoms with Gasteiger partial charge in [0.15, 0.2) is 5.96 Å².